The minimum absolute atomic E-state index is 0.175. The molecule has 0 radical (unpaired) electrons. The van der Waals surface area contributed by atoms with Crippen molar-refractivity contribution in [2.24, 2.45) is 5.73 Å². The molecule has 0 aliphatic heterocycles. The van der Waals surface area contributed by atoms with E-state index in [1.54, 1.807) is 22.8 Å². The van der Waals surface area contributed by atoms with Gasteiger partial charge in [0.25, 0.3) is 0 Å². The highest BCUT2D eigenvalue weighted by molar-refractivity contribution is 7.89. The van der Waals surface area contributed by atoms with Gasteiger partial charge < -0.3 is 5.73 Å². The molecule has 0 fully saturated rings. The molecule has 1 unspecified atom stereocenters. The van der Waals surface area contributed by atoms with Crippen LogP contribution in [-0.4, -0.2) is 8.42 Å². The van der Waals surface area contributed by atoms with Crippen LogP contribution in [0.3, 0.4) is 0 Å². The first-order valence-corrected chi connectivity index (χ1v) is 9.14. The van der Waals surface area contributed by atoms with Crippen LogP contribution < -0.4 is 10.5 Å². The molecule has 0 spiro atoms. The van der Waals surface area contributed by atoms with Crippen molar-refractivity contribution in [3.8, 4) is 0 Å². The molecule has 0 aromatic carbocycles. The lowest BCUT2D eigenvalue weighted by atomic mass is 10.2. The zero-order chi connectivity index (χ0) is 13.9. The van der Waals surface area contributed by atoms with Gasteiger partial charge in [0.15, 0.2) is 0 Å². The molecule has 2 rings (SSSR count). The first-order valence-electron chi connectivity index (χ1n) is 5.90. The molecular weight excluding hydrogens is 300 g/mol. The van der Waals surface area contributed by atoms with Gasteiger partial charge in [0.05, 0.1) is 10.9 Å². The number of sulfonamides is 1. The van der Waals surface area contributed by atoms with Gasteiger partial charge in [0.2, 0.25) is 10.0 Å². The Morgan fingerprint density at radius 1 is 1.42 bits per heavy atom. The van der Waals surface area contributed by atoms with E-state index in [0.717, 1.165) is 9.75 Å². The van der Waals surface area contributed by atoms with Gasteiger partial charge in [-0.15, -0.1) is 22.7 Å². The van der Waals surface area contributed by atoms with Gasteiger partial charge in [-0.1, -0.05) is 13.0 Å². The third-order valence-electron chi connectivity index (χ3n) is 2.73. The standard InChI is InChI=1S/C12H16N2O2S3/c1-2-11(12-4-3-5-17-12)14-19(15,16)10-6-9(7-13)18-8-10/h3-6,8,11,14H,2,7,13H2,1H3. The molecule has 2 aromatic rings. The maximum absolute atomic E-state index is 12.3. The molecule has 0 bridgehead atoms. The molecule has 104 valence electrons. The molecule has 0 saturated carbocycles. The number of hydrogen-bond acceptors (Lipinski definition) is 5. The predicted molar refractivity (Wildman–Crippen MR) is 79.9 cm³/mol. The van der Waals surface area contributed by atoms with E-state index in [2.05, 4.69) is 4.72 Å². The monoisotopic (exact) mass is 316 g/mol. The van der Waals surface area contributed by atoms with E-state index in [1.165, 1.54) is 11.3 Å². The Bertz CT molecular complexity index is 617. The Hall–Kier alpha value is -0.730. The van der Waals surface area contributed by atoms with Crippen LogP contribution in [0.15, 0.2) is 33.9 Å². The van der Waals surface area contributed by atoms with Gasteiger partial charge in [-0.2, -0.15) is 0 Å². The molecular formula is C12H16N2O2S3. The highest BCUT2D eigenvalue weighted by Gasteiger charge is 2.21. The minimum atomic E-state index is -3.48. The van der Waals surface area contributed by atoms with E-state index in [0.29, 0.717) is 17.9 Å². The molecule has 0 saturated heterocycles. The van der Waals surface area contributed by atoms with Gasteiger partial charge in [0.1, 0.15) is 0 Å². The van der Waals surface area contributed by atoms with Gasteiger partial charge >= 0.3 is 0 Å². The summed E-state index contributed by atoms with van der Waals surface area (Å²) in [5, 5.41) is 3.58. The lowest BCUT2D eigenvalue weighted by Crippen LogP contribution is -2.27. The van der Waals surface area contributed by atoms with Gasteiger partial charge in [-0.25, -0.2) is 13.1 Å². The average Bonchev–Trinajstić information content (AvgIpc) is 3.06. The fraction of sp³-hybridized carbons (Fsp3) is 0.333. The Kier molecular flexibility index (Phi) is 4.75. The lowest BCUT2D eigenvalue weighted by molar-refractivity contribution is 0.553. The van der Waals surface area contributed by atoms with Crippen molar-refractivity contribution in [3.63, 3.8) is 0 Å². The number of rotatable bonds is 6. The minimum Gasteiger partial charge on any atom is -0.326 e. The summed E-state index contributed by atoms with van der Waals surface area (Å²) in [4.78, 5) is 2.19. The second kappa shape index (κ2) is 6.15. The molecule has 0 amide bonds. The molecule has 0 aliphatic rings. The van der Waals surface area contributed by atoms with Crippen LogP contribution in [0.5, 0.6) is 0 Å². The zero-order valence-corrected chi connectivity index (χ0v) is 12.9. The maximum atomic E-state index is 12.3. The number of nitrogens with two attached hydrogens (primary N) is 1. The van der Waals surface area contributed by atoms with Crippen LogP contribution in [0.4, 0.5) is 0 Å². The van der Waals surface area contributed by atoms with Gasteiger partial charge in [0, 0.05) is 21.7 Å². The van der Waals surface area contributed by atoms with Crippen LogP contribution in [0.25, 0.3) is 0 Å². The maximum Gasteiger partial charge on any atom is 0.241 e. The normalized spacial score (nSPS) is 13.6. The van der Waals surface area contributed by atoms with Crippen molar-refractivity contribution < 1.29 is 8.42 Å². The van der Waals surface area contributed by atoms with E-state index in [1.807, 2.05) is 24.4 Å². The average molecular weight is 316 g/mol. The van der Waals surface area contributed by atoms with Crippen molar-refractivity contribution in [1.82, 2.24) is 4.72 Å². The molecule has 3 N–H and O–H groups in total. The molecule has 0 aliphatic carbocycles. The summed E-state index contributed by atoms with van der Waals surface area (Å²) >= 11 is 2.92. The van der Waals surface area contributed by atoms with E-state index in [-0.39, 0.29) is 6.04 Å². The fourth-order valence-electron chi connectivity index (χ4n) is 1.70. The quantitative estimate of drug-likeness (QED) is 0.860. The summed E-state index contributed by atoms with van der Waals surface area (Å²) in [6, 6.07) is 5.33. The molecule has 1 atom stereocenters. The van der Waals surface area contributed by atoms with E-state index < -0.39 is 10.0 Å². The first kappa shape index (κ1) is 14.7. The SMILES string of the molecule is CCC(NS(=O)(=O)c1csc(CN)c1)c1cccs1. The highest BCUT2D eigenvalue weighted by Crippen LogP contribution is 2.25. The Labute approximate surface area is 121 Å². The highest BCUT2D eigenvalue weighted by atomic mass is 32.2. The first-order chi connectivity index (χ1) is 9.06. The number of nitrogens with one attached hydrogen (secondary N) is 1. The smallest absolute Gasteiger partial charge is 0.241 e. The Morgan fingerprint density at radius 2 is 2.21 bits per heavy atom. The topological polar surface area (TPSA) is 72.2 Å². The number of hydrogen-bond donors (Lipinski definition) is 2. The third-order valence-corrected chi connectivity index (χ3v) is 6.28. The lowest BCUT2D eigenvalue weighted by Gasteiger charge is -2.14. The van der Waals surface area contributed by atoms with Crippen molar-refractivity contribution in [3.05, 3.63) is 38.7 Å². The van der Waals surface area contributed by atoms with Crippen LogP contribution in [0, 0.1) is 0 Å². The Balaban J connectivity index is 2.20. The van der Waals surface area contributed by atoms with Gasteiger partial charge in [-0.3, -0.25) is 0 Å². The van der Waals surface area contributed by atoms with Crippen LogP contribution >= 0.6 is 22.7 Å². The van der Waals surface area contributed by atoms with Crippen molar-refractivity contribution in [1.29, 1.82) is 0 Å². The summed E-state index contributed by atoms with van der Waals surface area (Å²) in [6.07, 6.45) is 0.716. The van der Waals surface area contributed by atoms with Crippen molar-refractivity contribution in [2.75, 3.05) is 0 Å². The van der Waals surface area contributed by atoms with Gasteiger partial charge in [-0.05, 0) is 23.9 Å². The Morgan fingerprint density at radius 3 is 2.74 bits per heavy atom. The van der Waals surface area contributed by atoms with Crippen LogP contribution in [0.2, 0.25) is 0 Å². The van der Waals surface area contributed by atoms with Crippen molar-refractivity contribution >= 4 is 32.7 Å². The summed E-state index contributed by atoms with van der Waals surface area (Å²) in [7, 11) is -3.48. The number of thiophene rings is 2. The second-order valence-corrected chi connectivity index (χ2v) is 7.74. The van der Waals surface area contributed by atoms with Crippen LogP contribution in [0.1, 0.15) is 29.1 Å². The van der Waals surface area contributed by atoms with Crippen molar-refractivity contribution in [2.45, 2.75) is 30.8 Å². The van der Waals surface area contributed by atoms with E-state index in [4.69, 9.17) is 5.73 Å². The molecule has 7 heteroatoms. The van der Waals surface area contributed by atoms with E-state index in [9.17, 15) is 8.42 Å². The second-order valence-electron chi connectivity index (χ2n) is 4.05. The summed E-state index contributed by atoms with van der Waals surface area (Å²) in [5.74, 6) is 0. The molecule has 2 aromatic heterocycles. The molecule has 19 heavy (non-hydrogen) atoms. The third kappa shape index (κ3) is 3.43. The zero-order valence-electron chi connectivity index (χ0n) is 10.5. The van der Waals surface area contributed by atoms with E-state index >= 15 is 0 Å². The largest absolute Gasteiger partial charge is 0.326 e. The molecule has 2 heterocycles. The predicted octanol–water partition coefficient (Wildman–Crippen LogP) is 2.70. The summed E-state index contributed by atoms with van der Waals surface area (Å²) < 4.78 is 27.3. The summed E-state index contributed by atoms with van der Waals surface area (Å²) in [6.45, 7) is 2.33. The van der Waals surface area contributed by atoms with Crippen LogP contribution in [-0.2, 0) is 16.6 Å². The fourth-order valence-corrected chi connectivity index (χ4v) is 5.09. The summed E-state index contributed by atoms with van der Waals surface area (Å²) in [5.41, 5.74) is 5.51. The molecule has 4 nitrogen and oxygen atoms in total.